The summed E-state index contributed by atoms with van der Waals surface area (Å²) in [6.07, 6.45) is 5.59. The third kappa shape index (κ3) is 5.96. The number of carbonyl (C=O) groups excluding carboxylic acids is 1. The molecule has 1 N–H and O–H groups in total. The fourth-order valence-corrected chi connectivity index (χ4v) is 3.21. The Balaban J connectivity index is 2.83. The SMILES string of the molecule is C=CCON1C[C@@H](S)C(=C=O)[C@@H]1/C=C/C(Cl)NS(C)(=O)=O. The first-order valence-corrected chi connectivity index (χ1v) is 8.86. The van der Waals surface area contributed by atoms with Crippen LogP contribution in [0.2, 0.25) is 0 Å². The number of hydroxylamine groups is 2. The molecule has 0 aromatic rings. The van der Waals surface area contributed by atoms with Crippen LogP contribution in [0.3, 0.4) is 0 Å². The lowest BCUT2D eigenvalue weighted by Gasteiger charge is -2.20. The van der Waals surface area contributed by atoms with Crippen molar-refractivity contribution in [1.82, 2.24) is 9.79 Å². The van der Waals surface area contributed by atoms with Gasteiger partial charge >= 0.3 is 0 Å². The van der Waals surface area contributed by atoms with Crippen molar-refractivity contribution in [3.8, 4) is 0 Å². The fourth-order valence-electron chi connectivity index (χ4n) is 1.79. The van der Waals surface area contributed by atoms with Crippen molar-refractivity contribution in [3.63, 3.8) is 0 Å². The fraction of sp³-hybridized carbons (Fsp3) is 0.500. The molecule has 1 aliphatic heterocycles. The predicted molar refractivity (Wildman–Crippen MR) is 85.4 cm³/mol. The number of nitrogens with zero attached hydrogens (tertiary/aromatic N) is 1. The Morgan fingerprint density at radius 1 is 1.71 bits per heavy atom. The second-order valence-electron chi connectivity index (χ2n) is 4.38. The number of nitrogens with one attached hydrogen (secondary N) is 1. The Morgan fingerprint density at radius 3 is 2.90 bits per heavy atom. The lowest BCUT2D eigenvalue weighted by molar-refractivity contribution is -0.143. The van der Waals surface area contributed by atoms with E-state index in [1.165, 1.54) is 6.08 Å². The molecule has 0 amide bonds. The van der Waals surface area contributed by atoms with Crippen LogP contribution in [-0.2, 0) is 19.7 Å². The van der Waals surface area contributed by atoms with E-state index < -0.39 is 21.6 Å². The normalized spacial score (nSPS) is 25.2. The maximum absolute atomic E-state index is 11.1. The van der Waals surface area contributed by atoms with Crippen LogP contribution in [0.5, 0.6) is 0 Å². The summed E-state index contributed by atoms with van der Waals surface area (Å²) in [6.45, 7) is 4.24. The second kappa shape index (κ2) is 8.14. The van der Waals surface area contributed by atoms with E-state index in [1.54, 1.807) is 17.2 Å². The largest absolute Gasteiger partial charge is 0.294 e. The molecule has 0 aromatic heterocycles. The Hall–Kier alpha value is -0.600. The molecule has 1 saturated heterocycles. The van der Waals surface area contributed by atoms with Gasteiger partial charge in [0.25, 0.3) is 0 Å². The van der Waals surface area contributed by atoms with Crippen molar-refractivity contribution in [3.05, 3.63) is 30.4 Å². The molecular weight excluding hydrogens is 336 g/mol. The highest BCUT2D eigenvalue weighted by molar-refractivity contribution is 7.88. The van der Waals surface area contributed by atoms with Crippen molar-refractivity contribution < 1.29 is 18.0 Å². The molecule has 21 heavy (non-hydrogen) atoms. The van der Waals surface area contributed by atoms with E-state index in [-0.39, 0.29) is 11.9 Å². The predicted octanol–water partition coefficient (Wildman–Crippen LogP) is 0.515. The lowest BCUT2D eigenvalue weighted by atomic mass is 10.1. The molecule has 0 bridgehead atoms. The summed E-state index contributed by atoms with van der Waals surface area (Å²) in [4.78, 5) is 16.5. The molecule has 1 heterocycles. The minimum absolute atomic E-state index is 0.281. The van der Waals surface area contributed by atoms with E-state index in [9.17, 15) is 13.2 Å². The van der Waals surface area contributed by atoms with Gasteiger partial charge in [0.2, 0.25) is 10.0 Å². The zero-order valence-corrected chi connectivity index (χ0v) is 13.9. The highest BCUT2D eigenvalue weighted by Crippen LogP contribution is 2.27. The van der Waals surface area contributed by atoms with Gasteiger partial charge in [0.05, 0.1) is 29.7 Å². The van der Waals surface area contributed by atoms with Crippen molar-refractivity contribution in [2.75, 3.05) is 19.4 Å². The summed E-state index contributed by atoms with van der Waals surface area (Å²) in [6, 6.07) is -0.493. The average molecular weight is 353 g/mol. The number of alkyl halides is 1. The molecule has 6 nitrogen and oxygen atoms in total. The summed E-state index contributed by atoms with van der Waals surface area (Å²) in [5, 5.41) is 1.25. The van der Waals surface area contributed by atoms with Gasteiger partial charge in [-0.3, -0.25) is 4.84 Å². The van der Waals surface area contributed by atoms with Gasteiger partial charge in [-0.15, -0.1) is 18.2 Å². The molecule has 118 valence electrons. The van der Waals surface area contributed by atoms with Crippen LogP contribution in [0.4, 0.5) is 0 Å². The van der Waals surface area contributed by atoms with Gasteiger partial charge < -0.3 is 0 Å². The van der Waals surface area contributed by atoms with Crippen LogP contribution in [-0.4, -0.2) is 55.6 Å². The van der Waals surface area contributed by atoms with E-state index in [1.807, 2.05) is 5.94 Å². The van der Waals surface area contributed by atoms with Crippen molar-refractivity contribution in [1.29, 1.82) is 0 Å². The molecule has 9 heteroatoms. The molecule has 0 aromatic carbocycles. The molecule has 0 saturated carbocycles. The van der Waals surface area contributed by atoms with E-state index in [2.05, 4.69) is 23.9 Å². The number of rotatable bonds is 7. The van der Waals surface area contributed by atoms with E-state index in [0.29, 0.717) is 12.1 Å². The second-order valence-corrected chi connectivity index (χ2v) is 7.25. The third-order valence-corrected chi connectivity index (χ3v) is 4.11. The minimum atomic E-state index is -3.42. The summed E-state index contributed by atoms with van der Waals surface area (Å²) in [7, 11) is -3.42. The zero-order chi connectivity index (χ0) is 16.0. The van der Waals surface area contributed by atoms with Crippen molar-refractivity contribution in [2.45, 2.75) is 16.8 Å². The number of halogens is 1. The highest BCUT2D eigenvalue weighted by Gasteiger charge is 2.35. The summed E-state index contributed by atoms with van der Waals surface area (Å²) in [5.41, 5.74) is -0.519. The topological polar surface area (TPSA) is 75.7 Å². The molecule has 0 aliphatic carbocycles. The van der Waals surface area contributed by atoms with Crippen LogP contribution in [0.25, 0.3) is 0 Å². The third-order valence-electron chi connectivity index (χ3n) is 2.61. The number of sulfonamides is 1. The molecule has 1 aliphatic rings. The van der Waals surface area contributed by atoms with Gasteiger partial charge in [-0.2, -0.15) is 22.4 Å². The maximum atomic E-state index is 11.1. The highest BCUT2D eigenvalue weighted by atomic mass is 35.5. The molecule has 1 rings (SSSR count). The maximum Gasteiger partial charge on any atom is 0.210 e. The van der Waals surface area contributed by atoms with Gasteiger partial charge in [0, 0.05) is 6.54 Å². The lowest BCUT2D eigenvalue weighted by Crippen LogP contribution is -2.31. The first-order valence-electron chi connectivity index (χ1n) is 6.01. The summed E-state index contributed by atoms with van der Waals surface area (Å²) in [5.74, 6) is 1.85. The van der Waals surface area contributed by atoms with Gasteiger partial charge in [-0.25, -0.2) is 13.2 Å². The molecule has 1 fully saturated rings. The van der Waals surface area contributed by atoms with Gasteiger partial charge in [0.15, 0.2) is 0 Å². The Labute approximate surface area is 134 Å². The van der Waals surface area contributed by atoms with Crippen molar-refractivity contribution >= 4 is 40.2 Å². The van der Waals surface area contributed by atoms with Crippen molar-refractivity contribution in [2.24, 2.45) is 0 Å². The number of hydrogen-bond donors (Lipinski definition) is 2. The quantitative estimate of drug-likeness (QED) is 0.230. The Kier molecular flexibility index (Phi) is 7.15. The van der Waals surface area contributed by atoms with Crippen LogP contribution in [0.15, 0.2) is 30.4 Å². The van der Waals surface area contributed by atoms with Crippen LogP contribution in [0, 0.1) is 0 Å². The van der Waals surface area contributed by atoms with E-state index in [0.717, 1.165) is 6.26 Å². The standard InChI is InChI=1S/C12H17ClN2O4S2/c1-3-6-19-15-7-11(20)9(8-16)10(15)4-5-12(13)14-21(2,17)18/h3-5,10-12,14,20H,1,6-7H2,2H3/b5-4+/t10-,11+,12?/m0/s1. The summed E-state index contributed by atoms with van der Waals surface area (Å²) < 4.78 is 24.3. The molecule has 1 unspecified atom stereocenters. The van der Waals surface area contributed by atoms with E-state index >= 15 is 0 Å². The zero-order valence-electron chi connectivity index (χ0n) is 11.4. The minimum Gasteiger partial charge on any atom is -0.294 e. The van der Waals surface area contributed by atoms with Crippen LogP contribution >= 0.6 is 24.2 Å². The summed E-state index contributed by atoms with van der Waals surface area (Å²) >= 11 is 10.1. The van der Waals surface area contributed by atoms with Gasteiger partial charge in [0.1, 0.15) is 11.4 Å². The Morgan fingerprint density at radius 2 is 2.38 bits per heavy atom. The molecular formula is C12H17ClN2O4S2. The van der Waals surface area contributed by atoms with Crippen LogP contribution in [0.1, 0.15) is 0 Å². The monoisotopic (exact) mass is 352 g/mol. The van der Waals surface area contributed by atoms with E-state index in [4.69, 9.17) is 16.4 Å². The number of thiol groups is 1. The smallest absolute Gasteiger partial charge is 0.210 e. The molecule has 0 radical (unpaired) electrons. The Bertz CT molecular complexity index is 558. The molecule has 0 spiro atoms. The van der Waals surface area contributed by atoms with Gasteiger partial charge in [-0.05, 0) is 0 Å². The average Bonchev–Trinajstić information content (AvgIpc) is 2.67. The first-order chi connectivity index (χ1) is 9.78. The first kappa shape index (κ1) is 18.4. The van der Waals surface area contributed by atoms with Crippen LogP contribution < -0.4 is 4.72 Å². The molecule has 3 atom stereocenters. The number of hydrogen-bond acceptors (Lipinski definition) is 6. The van der Waals surface area contributed by atoms with Gasteiger partial charge in [-0.1, -0.05) is 18.2 Å².